The molecule has 2 atom stereocenters. The third-order valence-electron chi connectivity index (χ3n) is 6.56. The van der Waals surface area contributed by atoms with Crippen molar-refractivity contribution in [2.45, 2.75) is 32.4 Å². The molecule has 1 aliphatic rings. The summed E-state index contributed by atoms with van der Waals surface area (Å²) >= 11 is 5.76. The van der Waals surface area contributed by atoms with Crippen LogP contribution < -0.4 is 10.6 Å². The van der Waals surface area contributed by atoms with Crippen LogP contribution in [0.25, 0.3) is 5.69 Å². The number of hydrogen-bond donors (Lipinski definition) is 2. The van der Waals surface area contributed by atoms with Crippen molar-refractivity contribution in [3.63, 3.8) is 0 Å². The van der Waals surface area contributed by atoms with Crippen LogP contribution in [0.4, 0.5) is 5.69 Å². The van der Waals surface area contributed by atoms with Crippen molar-refractivity contribution < 1.29 is 4.79 Å². The molecule has 0 bridgehead atoms. The van der Waals surface area contributed by atoms with E-state index < -0.39 is 0 Å². The standard InChI is InChI=1S/C29H29N5OS/c1-20-11-12-21(2)25(18-20)31-26(35)14-17-34-28(27(32-29(34)36)24-10-6-7-15-30-24)22-13-16-33(19-22)23-8-4-3-5-9-23/h3-13,15-16,18-19,27-28H,14,17H2,1-2H3,(H,31,35)(H,32,36)/t27-,28+/m0/s1. The average molecular weight is 496 g/mol. The van der Waals surface area contributed by atoms with Crippen LogP contribution in [-0.4, -0.2) is 32.0 Å². The van der Waals surface area contributed by atoms with E-state index in [-0.39, 0.29) is 18.0 Å². The summed E-state index contributed by atoms with van der Waals surface area (Å²) in [6.45, 7) is 4.51. The maximum atomic E-state index is 12.9. The lowest BCUT2D eigenvalue weighted by atomic mass is 9.99. The van der Waals surface area contributed by atoms with Gasteiger partial charge in [-0.3, -0.25) is 9.78 Å². The second-order valence-corrected chi connectivity index (χ2v) is 9.51. The summed E-state index contributed by atoms with van der Waals surface area (Å²) in [5, 5.41) is 7.16. The van der Waals surface area contributed by atoms with Gasteiger partial charge in [-0.2, -0.15) is 0 Å². The maximum absolute atomic E-state index is 12.9. The minimum atomic E-state index is -0.118. The molecule has 36 heavy (non-hydrogen) atoms. The number of nitrogens with zero attached hydrogens (tertiary/aromatic N) is 3. The molecule has 0 unspecified atom stereocenters. The molecule has 1 saturated heterocycles. The van der Waals surface area contributed by atoms with E-state index in [1.54, 1.807) is 6.20 Å². The first-order valence-electron chi connectivity index (χ1n) is 12.1. The molecule has 1 fully saturated rings. The predicted octanol–water partition coefficient (Wildman–Crippen LogP) is 5.49. The number of benzene rings is 2. The first kappa shape index (κ1) is 23.8. The van der Waals surface area contributed by atoms with Crippen LogP contribution in [0, 0.1) is 13.8 Å². The van der Waals surface area contributed by atoms with Gasteiger partial charge in [0, 0.05) is 42.9 Å². The largest absolute Gasteiger partial charge is 0.352 e. The van der Waals surface area contributed by atoms with Gasteiger partial charge in [-0.1, -0.05) is 36.4 Å². The number of thiocarbonyl (C=S) groups is 1. The van der Waals surface area contributed by atoms with Crippen molar-refractivity contribution in [1.29, 1.82) is 0 Å². The Morgan fingerprint density at radius 2 is 1.86 bits per heavy atom. The Morgan fingerprint density at radius 1 is 1.06 bits per heavy atom. The Morgan fingerprint density at radius 3 is 2.64 bits per heavy atom. The molecule has 5 rings (SSSR count). The summed E-state index contributed by atoms with van der Waals surface area (Å²) in [6, 6.07) is 24.1. The van der Waals surface area contributed by atoms with Crippen LogP contribution >= 0.6 is 12.2 Å². The van der Waals surface area contributed by atoms with Crippen LogP contribution in [0.15, 0.2) is 91.4 Å². The normalized spacial score (nSPS) is 17.2. The lowest BCUT2D eigenvalue weighted by Gasteiger charge is -2.27. The zero-order valence-electron chi connectivity index (χ0n) is 20.4. The number of pyridine rings is 1. The summed E-state index contributed by atoms with van der Waals surface area (Å²) in [5.41, 5.74) is 6.12. The number of anilines is 1. The highest BCUT2D eigenvalue weighted by molar-refractivity contribution is 7.80. The Kier molecular flexibility index (Phi) is 6.82. The van der Waals surface area contributed by atoms with E-state index >= 15 is 0 Å². The summed E-state index contributed by atoms with van der Waals surface area (Å²) < 4.78 is 2.11. The topological polar surface area (TPSA) is 62.2 Å². The van der Waals surface area contributed by atoms with Gasteiger partial charge < -0.3 is 20.1 Å². The highest BCUT2D eigenvalue weighted by Gasteiger charge is 2.40. The van der Waals surface area contributed by atoms with Crippen LogP contribution in [0.2, 0.25) is 0 Å². The molecule has 0 aliphatic carbocycles. The quantitative estimate of drug-likeness (QED) is 0.332. The zero-order valence-corrected chi connectivity index (χ0v) is 21.2. The molecule has 6 nitrogen and oxygen atoms in total. The number of rotatable bonds is 7. The predicted molar refractivity (Wildman–Crippen MR) is 147 cm³/mol. The molecule has 2 aromatic heterocycles. The number of carbonyl (C=O) groups is 1. The second-order valence-electron chi connectivity index (χ2n) is 9.12. The van der Waals surface area contributed by atoms with Gasteiger partial charge in [0.1, 0.15) is 0 Å². The molecule has 0 radical (unpaired) electrons. The van der Waals surface area contributed by atoms with E-state index in [0.29, 0.717) is 18.1 Å². The fourth-order valence-corrected chi connectivity index (χ4v) is 5.00. The van der Waals surface area contributed by atoms with E-state index in [9.17, 15) is 4.79 Å². The minimum Gasteiger partial charge on any atom is -0.352 e. The van der Waals surface area contributed by atoms with E-state index in [1.807, 2.05) is 68.4 Å². The van der Waals surface area contributed by atoms with Crippen molar-refractivity contribution >= 4 is 28.9 Å². The highest BCUT2D eigenvalue weighted by Crippen LogP contribution is 2.39. The summed E-state index contributed by atoms with van der Waals surface area (Å²) in [4.78, 5) is 19.6. The fraction of sp³-hybridized carbons (Fsp3) is 0.207. The van der Waals surface area contributed by atoms with Gasteiger partial charge in [0.25, 0.3) is 0 Å². The molecule has 1 aliphatic heterocycles. The van der Waals surface area contributed by atoms with Crippen molar-refractivity contribution in [2.24, 2.45) is 0 Å². The third-order valence-corrected chi connectivity index (χ3v) is 6.91. The van der Waals surface area contributed by atoms with Crippen molar-refractivity contribution in [1.82, 2.24) is 19.8 Å². The van der Waals surface area contributed by atoms with Gasteiger partial charge in [-0.05, 0) is 79.2 Å². The van der Waals surface area contributed by atoms with Gasteiger partial charge in [0.2, 0.25) is 5.91 Å². The van der Waals surface area contributed by atoms with E-state index in [2.05, 4.69) is 55.7 Å². The molecular weight excluding hydrogens is 466 g/mol. The monoisotopic (exact) mass is 495 g/mol. The van der Waals surface area contributed by atoms with Gasteiger partial charge >= 0.3 is 0 Å². The number of hydrogen-bond acceptors (Lipinski definition) is 3. The lowest BCUT2D eigenvalue weighted by molar-refractivity contribution is -0.116. The Bertz CT molecular complexity index is 1370. The lowest BCUT2D eigenvalue weighted by Crippen LogP contribution is -2.32. The van der Waals surface area contributed by atoms with Crippen molar-refractivity contribution in [2.75, 3.05) is 11.9 Å². The first-order valence-corrected chi connectivity index (χ1v) is 12.5. The highest BCUT2D eigenvalue weighted by atomic mass is 32.1. The van der Waals surface area contributed by atoms with Crippen LogP contribution in [-0.2, 0) is 4.79 Å². The Balaban J connectivity index is 1.39. The van der Waals surface area contributed by atoms with Crippen molar-refractivity contribution in [3.05, 3.63) is 114 Å². The number of aromatic nitrogens is 2. The second kappa shape index (κ2) is 10.3. The smallest absolute Gasteiger partial charge is 0.226 e. The number of carbonyl (C=O) groups excluding carboxylic acids is 1. The molecule has 1 amide bonds. The zero-order chi connectivity index (χ0) is 25.1. The fourth-order valence-electron chi connectivity index (χ4n) is 4.66. The summed E-state index contributed by atoms with van der Waals surface area (Å²) in [7, 11) is 0. The van der Waals surface area contributed by atoms with Crippen LogP contribution in [0.3, 0.4) is 0 Å². The molecule has 182 valence electrons. The SMILES string of the molecule is Cc1ccc(C)c(NC(=O)CCN2C(=S)N[C@@H](c3ccccn3)[C@H]2c2ccn(-c3ccccc3)c2)c1. The van der Waals surface area contributed by atoms with Gasteiger partial charge in [0.05, 0.1) is 17.8 Å². The molecule has 2 N–H and O–H groups in total. The molecule has 7 heteroatoms. The molecule has 2 aromatic carbocycles. The molecule has 3 heterocycles. The minimum absolute atomic E-state index is 0.0339. The van der Waals surface area contributed by atoms with E-state index in [1.165, 1.54) is 0 Å². The first-order chi connectivity index (χ1) is 17.5. The van der Waals surface area contributed by atoms with Crippen LogP contribution in [0.5, 0.6) is 0 Å². The maximum Gasteiger partial charge on any atom is 0.226 e. The molecule has 0 spiro atoms. The summed E-state index contributed by atoms with van der Waals surface area (Å²) in [6.07, 6.45) is 6.31. The third kappa shape index (κ3) is 5.02. The molecule has 0 saturated carbocycles. The van der Waals surface area contributed by atoms with Crippen molar-refractivity contribution in [3.8, 4) is 5.69 Å². The van der Waals surface area contributed by atoms with Gasteiger partial charge in [-0.15, -0.1) is 0 Å². The van der Waals surface area contributed by atoms with E-state index in [4.69, 9.17) is 12.2 Å². The van der Waals surface area contributed by atoms with Gasteiger partial charge in [-0.25, -0.2) is 0 Å². The molecule has 4 aromatic rings. The number of amides is 1. The van der Waals surface area contributed by atoms with E-state index in [0.717, 1.165) is 33.8 Å². The number of aryl methyl sites for hydroxylation is 2. The summed E-state index contributed by atoms with van der Waals surface area (Å²) in [5.74, 6) is -0.0339. The molecular formula is C29H29N5OS. The Labute approximate surface area is 217 Å². The van der Waals surface area contributed by atoms with Crippen LogP contribution in [0.1, 0.15) is 40.9 Å². The number of nitrogens with one attached hydrogen (secondary N) is 2. The Hall–Kier alpha value is -3.97. The number of para-hydroxylation sites is 1. The average Bonchev–Trinajstić information content (AvgIpc) is 3.50. The van der Waals surface area contributed by atoms with Gasteiger partial charge in [0.15, 0.2) is 5.11 Å².